The maximum absolute atomic E-state index is 12.3. The molecule has 4 rings (SSSR count). The quantitative estimate of drug-likeness (QED) is 0.707. The van der Waals surface area contributed by atoms with Crippen molar-refractivity contribution in [3.05, 3.63) is 77.5 Å². The molecule has 0 spiro atoms. The second-order valence-electron chi connectivity index (χ2n) is 6.34. The van der Waals surface area contributed by atoms with Gasteiger partial charge in [0.25, 0.3) is 5.91 Å². The zero-order chi connectivity index (χ0) is 17.8. The van der Waals surface area contributed by atoms with Crippen LogP contribution in [0, 0.1) is 0 Å². The number of aromatic nitrogens is 2. The minimum atomic E-state index is -0.185. The third-order valence-corrected chi connectivity index (χ3v) is 4.55. The van der Waals surface area contributed by atoms with Crippen molar-refractivity contribution in [2.75, 3.05) is 5.43 Å². The van der Waals surface area contributed by atoms with Crippen LogP contribution in [-0.4, -0.2) is 15.9 Å². The maximum atomic E-state index is 12.3. The van der Waals surface area contributed by atoms with E-state index in [4.69, 9.17) is 4.98 Å². The Bertz CT molecular complexity index is 910. The van der Waals surface area contributed by atoms with Gasteiger partial charge in [-0.15, -0.1) is 0 Å². The summed E-state index contributed by atoms with van der Waals surface area (Å²) in [4.78, 5) is 21.8. The summed E-state index contributed by atoms with van der Waals surface area (Å²) in [5.74, 6) is 1.19. The second kappa shape index (κ2) is 7.35. The van der Waals surface area contributed by atoms with Gasteiger partial charge in [-0.1, -0.05) is 48.5 Å². The maximum Gasteiger partial charge on any atom is 0.269 e. The number of anilines is 1. The molecule has 26 heavy (non-hydrogen) atoms. The van der Waals surface area contributed by atoms with Crippen LogP contribution in [0.25, 0.3) is 11.4 Å². The Labute approximate surface area is 152 Å². The molecule has 0 radical (unpaired) electrons. The van der Waals surface area contributed by atoms with E-state index in [-0.39, 0.29) is 5.91 Å². The standard InChI is InChI=1S/C21H20N4O/c26-21(16-11-5-2-6-12-16)25-24-20-17-13-7-8-14-18(17)22-19(23-20)15-9-3-1-4-10-15/h1-6,9-12H,7-8,13-14H2,(H,25,26)(H,22,23,24). The van der Waals surface area contributed by atoms with Crippen molar-refractivity contribution < 1.29 is 4.79 Å². The van der Waals surface area contributed by atoms with E-state index in [1.54, 1.807) is 12.1 Å². The lowest BCUT2D eigenvalue weighted by molar-refractivity contribution is 0.0962. The van der Waals surface area contributed by atoms with Crippen molar-refractivity contribution >= 4 is 11.7 Å². The first-order valence-corrected chi connectivity index (χ1v) is 8.88. The summed E-state index contributed by atoms with van der Waals surface area (Å²) < 4.78 is 0. The molecular weight excluding hydrogens is 324 g/mol. The average molecular weight is 344 g/mol. The van der Waals surface area contributed by atoms with Crippen molar-refractivity contribution in [2.24, 2.45) is 0 Å². The van der Waals surface area contributed by atoms with Crippen LogP contribution < -0.4 is 10.9 Å². The Kier molecular flexibility index (Phi) is 4.60. The monoisotopic (exact) mass is 344 g/mol. The molecule has 0 saturated carbocycles. The van der Waals surface area contributed by atoms with Crippen LogP contribution in [0.3, 0.4) is 0 Å². The molecular formula is C21H20N4O. The number of hydrogen-bond donors (Lipinski definition) is 2. The SMILES string of the molecule is O=C(NNc1nc(-c2ccccc2)nc2c1CCCC2)c1ccccc1. The molecule has 0 unspecified atom stereocenters. The number of carbonyl (C=O) groups excluding carboxylic acids is 1. The summed E-state index contributed by atoms with van der Waals surface area (Å²) in [7, 11) is 0. The topological polar surface area (TPSA) is 66.9 Å². The zero-order valence-corrected chi connectivity index (χ0v) is 14.4. The first kappa shape index (κ1) is 16.3. The van der Waals surface area contributed by atoms with E-state index in [0.717, 1.165) is 42.5 Å². The number of amides is 1. The van der Waals surface area contributed by atoms with Crippen LogP contribution in [0.5, 0.6) is 0 Å². The molecule has 1 amide bonds. The van der Waals surface area contributed by atoms with E-state index in [9.17, 15) is 4.79 Å². The Hall–Kier alpha value is -3.21. The van der Waals surface area contributed by atoms with Gasteiger partial charge in [0, 0.05) is 22.4 Å². The van der Waals surface area contributed by atoms with Crippen LogP contribution in [0.15, 0.2) is 60.7 Å². The summed E-state index contributed by atoms with van der Waals surface area (Å²) in [5.41, 5.74) is 9.54. The molecule has 1 aliphatic rings. The molecule has 130 valence electrons. The lowest BCUT2D eigenvalue weighted by atomic mass is 9.96. The minimum absolute atomic E-state index is 0.185. The Morgan fingerprint density at radius 1 is 0.846 bits per heavy atom. The highest BCUT2D eigenvalue weighted by Gasteiger charge is 2.19. The summed E-state index contributed by atoms with van der Waals surface area (Å²) >= 11 is 0. The third kappa shape index (κ3) is 3.42. The van der Waals surface area contributed by atoms with Crippen LogP contribution in [-0.2, 0) is 12.8 Å². The number of fused-ring (bicyclic) bond motifs is 1. The number of hydrazine groups is 1. The number of carbonyl (C=O) groups is 1. The van der Waals surface area contributed by atoms with Crippen LogP contribution in [0.1, 0.15) is 34.5 Å². The molecule has 0 bridgehead atoms. The Morgan fingerprint density at radius 2 is 1.54 bits per heavy atom. The largest absolute Gasteiger partial charge is 0.281 e. The van der Waals surface area contributed by atoms with Gasteiger partial charge in [-0.2, -0.15) is 0 Å². The molecule has 1 aromatic heterocycles. The molecule has 3 aromatic rings. The predicted octanol–water partition coefficient (Wildman–Crippen LogP) is 3.78. The summed E-state index contributed by atoms with van der Waals surface area (Å²) in [5, 5.41) is 0. The van der Waals surface area contributed by atoms with Gasteiger partial charge in [0.15, 0.2) is 11.6 Å². The summed E-state index contributed by atoms with van der Waals surface area (Å²) in [6, 6.07) is 19.0. The second-order valence-corrected chi connectivity index (χ2v) is 6.34. The molecule has 2 aromatic carbocycles. The van der Waals surface area contributed by atoms with Gasteiger partial charge >= 0.3 is 0 Å². The fourth-order valence-corrected chi connectivity index (χ4v) is 3.19. The van der Waals surface area contributed by atoms with Gasteiger partial charge in [0.05, 0.1) is 0 Å². The number of nitrogens with zero attached hydrogens (tertiary/aromatic N) is 2. The molecule has 5 heteroatoms. The lowest BCUT2D eigenvalue weighted by Gasteiger charge is -2.20. The molecule has 0 aliphatic heterocycles. The first-order chi connectivity index (χ1) is 12.8. The predicted molar refractivity (Wildman–Crippen MR) is 102 cm³/mol. The molecule has 0 saturated heterocycles. The van der Waals surface area contributed by atoms with Gasteiger partial charge in [-0.25, -0.2) is 9.97 Å². The van der Waals surface area contributed by atoms with E-state index in [1.807, 2.05) is 48.5 Å². The van der Waals surface area contributed by atoms with Crippen molar-refractivity contribution in [3.63, 3.8) is 0 Å². The molecule has 2 N–H and O–H groups in total. The lowest BCUT2D eigenvalue weighted by Crippen LogP contribution is -2.31. The molecule has 0 fully saturated rings. The van der Waals surface area contributed by atoms with Crippen molar-refractivity contribution in [2.45, 2.75) is 25.7 Å². The third-order valence-electron chi connectivity index (χ3n) is 4.55. The van der Waals surface area contributed by atoms with Gasteiger partial charge in [-0.3, -0.25) is 15.6 Å². The van der Waals surface area contributed by atoms with Gasteiger partial charge in [0.1, 0.15) is 0 Å². The average Bonchev–Trinajstić information content (AvgIpc) is 2.73. The van der Waals surface area contributed by atoms with Gasteiger partial charge in [0.2, 0.25) is 0 Å². The number of hydrogen-bond acceptors (Lipinski definition) is 4. The number of rotatable bonds is 4. The van der Waals surface area contributed by atoms with E-state index in [2.05, 4.69) is 15.8 Å². The molecule has 5 nitrogen and oxygen atoms in total. The van der Waals surface area contributed by atoms with Crippen molar-refractivity contribution in [3.8, 4) is 11.4 Å². The molecule has 1 heterocycles. The van der Waals surface area contributed by atoms with Crippen molar-refractivity contribution in [1.82, 2.24) is 15.4 Å². The highest BCUT2D eigenvalue weighted by Crippen LogP contribution is 2.28. The molecule has 1 aliphatic carbocycles. The van der Waals surface area contributed by atoms with E-state index in [0.29, 0.717) is 17.2 Å². The number of benzene rings is 2. The van der Waals surface area contributed by atoms with Crippen LogP contribution in [0.4, 0.5) is 5.82 Å². The smallest absolute Gasteiger partial charge is 0.269 e. The number of nitrogens with one attached hydrogen (secondary N) is 2. The summed E-state index contributed by atoms with van der Waals surface area (Å²) in [6.07, 6.45) is 4.11. The van der Waals surface area contributed by atoms with Gasteiger partial charge < -0.3 is 0 Å². The van der Waals surface area contributed by atoms with Crippen LogP contribution in [0.2, 0.25) is 0 Å². The molecule has 0 atom stereocenters. The highest BCUT2D eigenvalue weighted by molar-refractivity contribution is 5.94. The fourth-order valence-electron chi connectivity index (χ4n) is 3.19. The van der Waals surface area contributed by atoms with Gasteiger partial charge in [-0.05, 0) is 37.8 Å². The van der Waals surface area contributed by atoms with E-state index in [1.165, 1.54) is 0 Å². The Morgan fingerprint density at radius 3 is 2.31 bits per heavy atom. The summed E-state index contributed by atoms with van der Waals surface area (Å²) in [6.45, 7) is 0. The van der Waals surface area contributed by atoms with Crippen molar-refractivity contribution in [1.29, 1.82) is 0 Å². The van der Waals surface area contributed by atoms with E-state index < -0.39 is 0 Å². The minimum Gasteiger partial charge on any atom is -0.281 e. The number of aryl methyl sites for hydroxylation is 1. The highest BCUT2D eigenvalue weighted by atomic mass is 16.2. The van der Waals surface area contributed by atoms with E-state index >= 15 is 0 Å². The van der Waals surface area contributed by atoms with Crippen LogP contribution >= 0.6 is 0 Å². The Balaban J connectivity index is 1.63. The normalized spacial score (nSPS) is 12.9. The fraction of sp³-hybridized carbons (Fsp3) is 0.190. The first-order valence-electron chi connectivity index (χ1n) is 8.88. The zero-order valence-electron chi connectivity index (χ0n) is 14.4.